The number of tetrazole rings is 1. The van der Waals surface area contributed by atoms with Crippen molar-refractivity contribution in [1.29, 1.82) is 0 Å². The highest BCUT2D eigenvalue weighted by molar-refractivity contribution is 6.32. The third kappa shape index (κ3) is 3.99. The Morgan fingerprint density at radius 2 is 1.93 bits per heavy atom. The van der Waals surface area contributed by atoms with Gasteiger partial charge in [-0.1, -0.05) is 54.1 Å². The second-order valence-corrected chi connectivity index (χ2v) is 6.86. The number of carboxylic acid groups (broad SMARTS) is 1. The zero-order valence-electron chi connectivity index (χ0n) is 15.8. The summed E-state index contributed by atoms with van der Waals surface area (Å²) in [5.41, 5.74) is 3.92. The summed E-state index contributed by atoms with van der Waals surface area (Å²) in [7, 11) is 0. The first-order valence-corrected chi connectivity index (χ1v) is 9.36. The van der Waals surface area contributed by atoms with Gasteiger partial charge >= 0.3 is 5.97 Å². The SMILES string of the molecule is Cc1cc(OCc2ccc(-c3ccccc3)c(-c3nn[nH]n3)c2)c(C(=O)O)c(Cl)n1. The van der Waals surface area contributed by atoms with Crippen molar-refractivity contribution in [2.75, 3.05) is 0 Å². The maximum atomic E-state index is 11.5. The molecule has 0 aliphatic carbocycles. The Kier molecular flexibility index (Phi) is 5.40. The standard InChI is InChI=1S/C21H16ClN5O3/c1-12-9-17(18(21(28)29)19(22)23-12)30-11-13-7-8-15(14-5-3-2-4-6-14)16(10-13)20-24-26-27-25-20/h2-10H,11H2,1H3,(H,28,29)(H,24,25,26,27). The lowest BCUT2D eigenvalue weighted by Gasteiger charge is -2.13. The first kappa shape index (κ1) is 19.5. The number of carboxylic acids is 1. The number of benzene rings is 2. The Hall–Kier alpha value is -3.78. The number of aryl methyl sites for hydroxylation is 1. The first-order valence-electron chi connectivity index (χ1n) is 8.98. The largest absolute Gasteiger partial charge is 0.488 e. The molecule has 0 saturated heterocycles. The maximum Gasteiger partial charge on any atom is 0.342 e. The summed E-state index contributed by atoms with van der Waals surface area (Å²) in [6.45, 7) is 1.84. The van der Waals surface area contributed by atoms with E-state index in [1.54, 1.807) is 13.0 Å². The van der Waals surface area contributed by atoms with E-state index in [1.165, 1.54) is 0 Å². The van der Waals surface area contributed by atoms with Gasteiger partial charge in [0.1, 0.15) is 23.1 Å². The Balaban J connectivity index is 1.69. The predicted molar refractivity (Wildman–Crippen MR) is 110 cm³/mol. The number of aromatic nitrogens is 5. The lowest BCUT2D eigenvalue weighted by molar-refractivity contribution is 0.0691. The fourth-order valence-electron chi connectivity index (χ4n) is 3.09. The van der Waals surface area contributed by atoms with Crippen LogP contribution in [0.15, 0.2) is 54.6 Å². The number of halogens is 1. The Morgan fingerprint density at radius 3 is 2.63 bits per heavy atom. The van der Waals surface area contributed by atoms with Gasteiger partial charge in [0.05, 0.1) is 0 Å². The summed E-state index contributed by atoms with van der Waals surface area (Å²) in [4.78, 5) is 15.5. The molecule has 0 aliphatic rings. The molecule has 0 atom stereocenters. The summed E-state index contributed by atoms with van der Waals surface area (Å²) in [6, 6.07) is 17.1. The molecule has 8 nitrogen and oxygen atoms in total. The molecule has 30 heavy (non-hydrogen) atoms. The molecule has 0 radical (unpaired) electrons. The Labute approximate surface area is 176 Å². The summed E-state index contributed by atoms with van der Waals surface area (Å²) in [5.74, 6) is -0.590. The van der Waals surface area contributed by atoms with Gasteiger partial charge in [-0.05, 0) is 34.9 Å². The molecule has 0 bridgehead atoms. The minimum absolute atomic E-state index is 0.107. The topological polar surface area (TPSA) is 114 Å². The molecule has 0 saturated carbocycles. The summed E-state index contributed by atoms with van der Waals surface area (Å²) < 4.78 is 5.79. The van der Waals surface area contributed by atoms with E-state index in [0.717, 1.165) is 22.3 Å². The molecule has 0 spiro atoms. The third-order valence-corrected chi connectivity index (χ3v) is 4.70. The fraction of sp³-hybridized carbons (Fsp3) is 0.0952. The number of pyridine rings is 1. The van der Waals surface area contributed by atoms with Crippen LogP contribution in [0.2, 0.25) is 5.15 Å². The van der Waals surface area contributed by atoms with Gasteiger partial charge in [-0.2, -0.15) is 5.21 Å². The van der Waals surface area contributed by atoms with Crippen molar-refractivity contribution < 1.29 is 14.6 Å². The molecule has 0 fully saturated rings. The second kappa shape index (κ2) is 8.30. The zero-order chi connectivity index (χ0) is 21.1. The minimum Gasteiger partial charge on any atom is -0.488 e. The molecular formula is C21H16ClN5O3. The summed E-state index contributed by atoms with van der Waals surface area (Å²) in [5, 5.41) is 23.7. The van der Waals surface area contributed by atoms with E-state index in [2.05, 4.69) is 25.6 Å². The fourth-order valence-corrected chi connectivity index (χ4v) is 3.39. The highest BCUT2D eigenvalue weighted by Crippen LogP contribution is 2.32. The van der Waals surface area contributed by atoms with Gasteiger partial charge < -0.3 is 9.84 Å². The van der Waals surface area contributed by atoms with Crippen LogP contribution < -0.4 is 4.74 Å². The van der Waals surface area contributed by atoms with Crippen LogP contribution in [0.1, 0.15) is 21.6 Å². The highest BCUT2D eigenvalue weighted by atomic mass is 35.5. The van der Waals surface area contributed by atoms with Gasteiger partial charge in [0, 0.05) is 17.3 Å². The predicted octanol–water partition coefficient (Wildman–Crippen LogP) is 4.17. The first-order chi connectivity index (χ1) is 14.5. The maximum absolute atomic E-state index is 11.5. The zero-order valence-corrected chi connectivity index (χ0v) is 16.6. The molecule has 2 N–H and O–H groups in total. The van der Waals surface area contributed by atoms with Crippen LogP contribution in [0.25, 0.3) is 22.5 Å². The smallest absolute Gasteiger partial charge is 0.342 e. The summed E-state index contributed by atoms with van der Waals surface area (Å²) >= 11 is 5.99. The van der Waals surface area contributed by atoms with E-state index >= 15 is 0 Å². The molecule has 0 amide bonds. The monoisotopic (exact) mass is 421 g/mol. The van der Waals surface area contributed by atoms with Crippen molar-refractivity contribution in [3.8, 4) is 28.3 Å². The van der Waals surface area contributed by atoms with E-state index in [1.807, 2.05) is 48.5 Å². The minimum atomic E-state index is -1.20. The van der Waals surface area contributed by atoms with Crippen molar-refractivity contribution >= 4 is 17.6 Å². The molecule has 4 rings (SSSR count). The van der Waals surface area contributed by atoms with E-state index in [0.29, 0.717) is 11.5 Å². The van der Waals surface area contributed by atoms with Crippen LogP contribution in [-0.4, -0.2) is 36.7 Å². The Bertz CT molecular complexity index is 1200. The molecule has 2 aromatic carbocycles. The van der Waals surface area contributed by atoms with E-state index < -0.39 is 5.97 Å². The normalized spacial score (nSPS) is 10.7. The Morgan fingerprint density at radius 1 is 1.13 bits per heavy atom. The van der Waals surface area contributed by atoms with Crippen molar-refractivity contribution in [1.82, 2.24) is 25.6 Å². The van der Waals surface area contributed by atoms with E-state index in [-0.39, 0.29) is 23.1 Å². The van der Waals surface area contributed by atoms with E-state index in [4.69, 9.17) is 16.3 Å². The van der Waals surface area contributed by atoms with Crippen LogP contribution in [-0.2, 0) is 6.61 Å². The second-order valence-electron chi connectivity index (χ2n) is 6.50. The van der Waals surface area contributed by atoms with Gasteiger partial charge in [-0.3, -0.25) is 0 Å². The average molecular weight is 422 g/mol. The average Bonchev–Trinajstić information content (AvgIpc) is 3.26. The lowest BCUT2D eigenvalue weighted by atomic mass is 9.97. The van der Waals surface area contributed by atoms with Crippen molar-refractivity contribution in [3.05, 3.63) is 76.6 Å². The number of rotatable bonds is 6. The number of H-pyrrole nitrogens is 1. The molecule has 9 heteroatoms. The molecule has 2 aromatic heterocycles. The van der Waals surface area contributed by atoms with Crippen molar-refractivity contribution in [3.63, 3.8) is 0 Å². The number of nitrogens with one attached hydrogen (secondary N) is 1. The van der Waals surface area contributed by atoms with Gasteiger partial charge in [-0.15, -0.1) is 10.2 Å². The van der Waals surface area contributed by atoms with E-state index in [9.17, 15) is 9.90 Å². The quantitative estimate of drug-likeness (QED) is 0.449. The number of hydrogen-bond acceptors (Lipinski definition) is 6. The lowest BCUT2D eigenvalue weighted by Crippen LogP contribution is -2.06. The number of aromatic amines is 1. The number of ether oxygens (including phenoxy) is 1. The number of carbonyl (C=O) groups is 1. The highest BCUT2D eigenvalue weighted by Gasteiger charge is 2.19. The van der Waals surface area contributed by atoms with Crippen LogP contribution >= 0.6 is 11.6 Å². The van der Waals surface area contributed by atoms with Crippen molar-refractivity contribution in [2.24, 2.45) is 0 Å². The molecule has 2 heterocycles. The molecule has 0 unspecified atom stereocenters. The van der Waals surface area contributed by atoms with Gasteiger partial charge in [0.15, 0.2) is 0 Å². The van der Waals surface area contributed by atoms with Crippen LogP contribution in [0, 0.1) is 6.92 Å². The third-order valence-electron chi connectivity index (χ3n) is 4.43. The van der Waals surface area contributed by atoms with Crippen LogP contribution in [0.4, 0.5) is 0 Å². The molecule has 150 valence electrons. The molecule has 4 aromatic rings. The number of hydrogen-bond donors (Lipinski definition) is 2. The summed E-state index contributed by atoms with van der Waals surface area (Å²) in [6.07, 6.45) is 0. The molecule has 0 aliphatic heterocycles. The number of nitrogens with zero attached hydrogens (tertiary/aromatic N) is 4. The van der Waals surface area contributed by atoms with Crippen LogP contribution in [0.3, 0.4) is 0 Å². The van der Waals surface area contributed by atoms with Crippen LogP contribution in [0.5, 0.6) is 5.75 Å². The van der Waals surface area contributed by atoms with Crippen molar-refractivity contribution in [2.45, 2.75) is 13.5 Å². The number of aromatic carboxylic acids is 1. The molecular weight excluding hydrogens is 406 g/mol. The van der Waals surface area contributed by atoms with Gasteiger partial charge in [0.2, 0.25) is 5.82 Å². The van der Waals surface area contributed by atoms with Gasteiger partial charge in [-0.25, -0.2) is 9.78 Å². The van der Waals surface area contributed by atoms with Gasteiger partial charge in [0.25, 0.3) is 0 Å².